The van der Waals surface area contributed by atoms with Gasteiger partial charge in [0, 0.05) is 64.0 Å². The fraction of sp³-hybridized carbons (Fsp3) is 0.417. The van der Waals surface area contributed by atoms with Crippen LogP contribution in [-0.2, 0) is 10.8 Å². The Labute approximate surface area is 261 Å². The molecule has 43 heavy (non-hydrogen) atoms. The van der Waals surface area contributed by atoms with Crippen LogP contribution in [0.15, 0.2) is 99.8 Å². The fourth-order valence-corrected chi connectivity index (χ4v) is 7.24. The maximum atomic E-state index is 8.74. The monoisotopic (exact) mass is 595 g/mol. The number of nitrogens with two attached hydrogens (primary N) is 1. The number of rotatable bonds is 10. The minimum absolute atomic E-state index is 0.0996. The molecule has 7 heteroatoms. The molecule has 0 atom stereocenters. The molecule has 0 aromatic heterocycles. The normalized spacial score (nSPS) is 20.7. The van der Waals surface area contributed by atoms with Gasteiger partial charge in [-0.3, -0.25) is 0 Å². The van der Waals surface area contributed by atoms with Crippen molar-refractivity contribution in [1.29, 1.82) is 0 Å². The Hall–Kier alpha value is -3.57. The molecule has 2 aromatic carbocycles. The lowest BCUT2D eigenvalue weighted by atomic mass is 9.81. The number of azide groups is 1. The molecule has 1 aliphatic carbocycles. The van der Waals surface area contributed by atoms with Crippen LogP contribution in [0.1, 0.15) is 70.9 Å². The molecule has 0 unspecified atom stereocenters. The van der Waals surface area contributed by atoms with Gasteiger partial charge in [0.15, 0.2) is 12.3 Å². The van der Waals surface area contributed by atoms with Gasteiger partial charge in [-0.2, -0.15) is 4.58 Å². The average molecular weight is 596 g/mol. The van der Waals surface area contributed by atoms with E-state index in [0.29, 0.717) is 13.1 Å². The molecule has 0 amide bonds. The third kappa shape index (κ3) is 5.97. The number of hydrogen-bond acceptors (Lipinski definition) is 3. The number of nitrogens with zero attached hydrogens (tertiary/aromatic N) is 5. The second kappa shape index (κ2) is 13.0. The highest BCUT2D eigenvalue weighted by atomic mass is 35.5. The van der Waals surface area contributed by atoms with Gasteiger partial charge in [0.25, 0.3) is 0 Å². The summed E-state index contributed by atoms with van der Waals surface area (Å²) in [5, 5.41) is 4.62. The molecule has 2 aromatic rings. The van der Waals surface area contributed by atoms with E-state index in [4.69, 9.17) is 22.9 Å². The molecule has 0 spiro atoms. The van der Waals surface area contributed by atoms with Crippen LogP contribution in [0.4, 0.5) is 11.4 Å². The third-order valence-electron chi connectivity index (χ3n) is 9.23. The Balaban J connectivity index is 1.47. The zero-order chi connectivity index (χ0) is 30.6. The summed E-state index contributed by atoms with van der Waals surface area (Å²) in [4.78, 5) is 5.31. The van der Waals surface area contributed by atoms with E-state index in [1.807, 2.05) is 0 Å². The first-order chi connectivity index (χ1) is 20.7. The Kier molecular flexibility index (Phi) is 9.31. The molecule has 2 N–H and O–H groups in total. The Morgan fingerprint density at radius 1 is 0.977 bits per heavy atom. The topological polar surface area (TPSA) is 81.0 Å². The lowest BCUT2D eigenvalue weighted by molar-refractivity contribution is -0.437. The van der Waals surface area contributed by atoms with Crippen molar-refractivity contribution in [1.82, 2.24) is 0 Å². The van der Waals surface area contributed by atoms with E-state index in [-0.39, 0.29) is 10.8 Å². The van der Waals surface area contributed by atoms with Gasteiger partial charge < -0.3 is 10.6 Å². The predicted octanol–water partition coefficient (Wildman–Crippen LogP) is 8.95. The smallest absolute Gasteiger partial charge is 0.209 e. The molecule has 2 heterocycles. The maximum Gasteiger partial charge on any atom is 0.209 e. The third-order valence-corrected chi connectivity index (χ3v) is 9.71. The standard InChI is InChI=1S/C36H44ClN6/c1-35(2)28-14-5-7-16-30(28)42(24-10-22-38)32(35)20-18-26-12-9-13-27(34(26)37)19-21-33-36(3,4)29-15-6-8-17-31(29)43(33)25-11-23-40-41-39/h5-8,14-21H,9-13,22-25,38H2,1-4H3/q+1. The lowest BCUT2D eigenvalue weighted by Gasteiger charge is -2.27. The first kappa shape index (κ1) is 30.9. The van der Waals surface area contributed by atoms with Crippen molar-refractivity contribution in [2.45, 2.75) is 70.6 Å². The molecule has 0 radical (unpaired) electrons. The van der Waals surface area contributed by atoms with E-state index in [1.165, 1.54) is 45.1 Å². The molecular weight excluding hydrogens is 552 g/mol. The highest BCUT2D eigenvalue weighted by molar-refractivity contribution is 6.32. The number of halogens is 1. The zero-order valence-electron chi connectivity index (χ0n) is 26.0. The fourth-order valence-electron chi connectivity index (χ4n) is 6.92. The first-order valence-corrected chi connectivity index (χ1v) is 15.9. The van der Waals surface area contributed by atoms with Crippen LogP contribution < -0.4 is 10.6 Å². The number of anilines is 1. The molecule has 3 aliphatic rings. The van der Waals surface area contributed by atoms with Gasteiger partial charge in [-0.05, 0) is 80.5 Å². The molecule has 5 rings (SSSR count). The maximum absolute atomic E-state index is 8.74. The summed E-state index contributed by atoms with van der Waals surface area (Å²) < 4.78 is 2.44. The van der Waals surface area contributed by atoms with Crippen molar-refractivity contribution in [3.63, 3.8) is 0 Å². The van der Waals surface area contributed by atoms with E-state index < -0.39 is 0 Å². The second-order valence-electron chi connectivity index (χ2n) is 12.7. The molecule has 224 valence electrons. The van der Waals surface area contributed by atoms with Gasteiger partial charge in [-0.15, -0.1) is 0 Å². The van der Waals surface area contributed by atoms with Crippen LogP contribution in [0, 0.1) is 0 Å². The highest BCUT2D eigenvalue weighted by Gasteiger charge is 2.44. The second-order valence-corrected chi connectivity index (χ2v) is 13.1. The van der Waals surface area contributed by atoms with E-state index in [0.717, 1.165) is 50.2 Å². The summed E-state index contributed by atoms with van der Waals surface area (Å²) >= 11 is 7.15. The van der Waals surface area contributed by atoms with Crippen LogP contribution in [0.25, 0.3) is 10.4 Å². The summed E-state index contributed by atoms with van der Waals surface area (Å²) in [7, 11) is 0. The summed E-state index contributed by atoms with van der Waals surface area (Å²) in [6, 6.07) is 17.3. The lowest BCUT2D eigenvalue weighted by Crippen LogP contribution is -2.28. The highest BCUT2D eigenvalue weighted by Crippen LogP contribution is 2.48. The molecule has 2 aliphatic heterocycles. The van der Waals surface area contributed by atoms with E-state index in [9.17, 15) is 0 Å². The van der Waals surface area contributed by atoms with Crippen molar-refractivity contribution < 1.29 is 4.58 Å². The van der Waals surface area contributed by atoms with E-state index in [2.05, 4.69) is 120 Å². The first-order valence-electron chi connectivity index (χ1n) is 15.5. The van der Waals surface area contributed by atoms with Gasteiger partial charge in [0.1, 0.15) is 0 Å². The molecule has 0 saturated carbocycles. The van der Waals surface area contributed by atoms with Crippen LogP contribution >= 0.6 is 11.6 Å². The minimum atomic E-state index is -0.146. The Morgan fingerprint density at radius 2 is 1.72 bits per heavy atom. The van der Waals surface area contributed by atoms with Crippen LogP contribution in [0.3, 0.4) is 0 Å². The van der Waals surface area contributed by atoms with Gasteiger partial charge in [-0.25, -0.2) is 0 Å². The number of allylic oxidation sites excluding steroid dienone is 8. The molecule has 6 nitrogen and oxygen atoms in total. The molecule has 0 fully saturated rings. The number of fused-ring (bicyclic) bond motifs is 2. The summed E-state index contributed by atoms with van der Waals surface area (Å²) in [6.45, 7) is 12.0. The number of hydrogen-bond donors (Lipinski definition) is 1. The van der Waals surface area contributed by atoms with Crippen LogP contribution in [0.5, 0.6) is 0 Å². The summed E-state index contributed by atoms with van der Waals surface area (Å²) in [5.41, 5.74) is 24.5. The van der Waals surface area contributed by atoms with Gasteiger partial charge in [0.2, 0.25) is 5.69 Å². The zero-order valence-corrected chi connectivity index (χ0v) is 26.7. The van der Waals surface area contributed by atoms with Crippen molar-refractivity contribution in [2.75, 3.05) is 31.1 Å². The molecule has 0 bridgehead atoms. The Bertz CT molecular complexity index is 1580. The van der Waals surface area contributed by atoms with Crippen LogP contribution in [-0.4, -0.2) is 36.5 Å². The quantitative estimate of drug-likeness (QED) is 0.0977. The number of benzene rings is 2. The number of para-hydroxylation sites is 2. The predicted molar refractivity (Wildman–Crippen MR) is 180 cm³/mol. The molecule has 0 saturated heterocycles. The van der Waals surface area contributed by atoms with Crippen LogP contribution in [0.2, 0.25) is 0 Å². The summed E-state index contributed by atoms with van der Waals surface area (Å²) in [5.74, 6) is 0. The SMILES string of the molecule is CC1(C)C(/C=C/C2=C(Cl)C(=C/C=C3/N(CCCN=[N+]=[N-])c4ccccc4C3(C)C)/CCC2)=[N+](CCCN)c2ccccc21. The largest absolute Gasteiger partial charge is 0.344 e. The molecular formula is C36H44ClN6+. The van der Waals surface area contributed by atoms with Crippen molar-refractivity contribution in [2.24, 2.45) is 10.8 Å². The average Bonchev–Trinajstić information content (AvgIpc) is 3.35. The van der Waals surface area contributed by atoms with E-state index in [1.54, 1.807) is 0 Å². The minimum Gasteiger partial charge on any atom is -0.344 e. The van der Waals surface area contributed by atoms with E-state index >= 15 is 0 Å². The Morgan fingerprint density at radius 3 is 2.49 bits per heavy atom. The van der Waals surface area contributed by atoms with Crippen molar-refractivity contribution >= 4 is 28.7 Å². The van der Waals surface area contributed by atoms with Gasteiger partial charge in [-0.1, -0.05) is 79.1 Å². The van der Waals surface area contributed by atoms with Gasteiger partial charge >= 0.3 is 0 Å². The van der Waals surface area contributed by atoms with Crippen molar-refractivity contribution in [3.05, 3.63) is 116 Å². The van der Waals surface area contributed by atoms with Crippen molar-refractivity contribution in [3.8, 4) is 0 Å². The van der Waals surface area contributed by atoms with Gasteiger partial charge in [0.05, 0.1) is 5.41 Å². The summed E-state index contributed by atoms with van der Waals surface area (Å²) in [6.07, 6.45) is 13.8.